The number of hydrogen-bond donors (Lipinski definition) is 2. The molecule has 7 nitrogen and oxygen atoms in total. The number of fused-ring (bicyclic) bond motifs is 4. The first-order valence-corrected chi connectivity index (χ1v) is 11.9. The zero-order valence-corrected chi connectivity index (χ0v) is 18.9. The lowest BCUT2D eigenvalue weighted by molar-refractivity contribution is -0.143. The maximum absolute atomic E-state index is 13.5. The molecule has 0 bridgehead atoms. The standard InChI is InChI=1S/C26H21N3O4S/c30-25(31)21-12-20-23(28-14-27-20)24(22-10-5-11-34-22)29(21)26(32)33-13-19-17-8-3-1-6-15(17)16-7-2-4-9-18(16)19/h1-11,14,19,21,24H,12-13H2,(H,27,28)(H,30,31). The van der Waals surface area contributed by atoms with Gasteiger partial charge in [-0.15, -0.1) is 11.3 Å². The lowest BCUT2D eigenvalue weighted by Crippen LogP contribution is -2.51. The Morgan fingerprint density at radius 1 is 1.06 bits per heavy atom. The summed E-state index contributed by atoms with van der Waals surface area (Å²) >= 11 is 1.46. The Balaban J connectivity index is 1.33. The number of carbonyl (C=O) groups is 2. The molecule has 3 heterocycles. The Kier molecular flexibility index (Phi) is 4.95. The topological polar surface area (TPSA) is 95.5 Å². The molecule has 8 heteroatoms. The number of aromatic nitrogens is 2. The van der Waals surface area contributed by atoms with E-state index in [1.165, 1.54) is 16.2 Å². The number of hydrogen-bond acceptors (Lipinski definition) is 5. The zero-order chi connectivity index (χ0) is 23.2. The van der Waals surface area contributed by atoms with Gasteiger partial charge in [0.1, 0.15) is 18.7 Å². The number of aliphatic carboxylic acids is 1. The molecule has 0 fully saturated rings. The largest absolute Gasteiger partial charge is 0.480 e. The van der Waals surface area contributed by atoms with E-state index in [4.69, 9.17) is 4.74 Å². The van der Waals surface area contributed by atoms with Crippen LogP contribution in [0.15, 0.2) is 72.4 Å². The van der Waals surface area contributed by atoms with Crippen LogP contribution in [0, 0.1) is 0 Å². The van der Waals surface area contributed by atoms with Gasteiger partial charge in [0.25, 0.3) is 0 Å². The molecule has 0 spiro atoms. The van der Waals surface area contributed by atoms with E-state index in [0.29, 0.717) is 5.69 Å². The van der Waals surface area contributed by atoms with Crippen LogP contribution in [-0.4, -0.2) is 44.7 Å². The highest BCUT2D eigenvalue weighted by Crippen LogP contribution is 2.45. The van der Waals surface area contributed by atoms with Crippen LogP contribution < -0.4 is 0 Å². The lowest BCUT2D eigenvalue weighted by Gasteiger charge is -2.38. The van der Waals surface area contributed by atoms with Crippen molar-refractivity contribution in [1.29, 1.82) is 0 Å². The van der Waals surface area contributed by atoms with Crippen molar-refractivity contribution in [2.24, 2.45) is 0 Å². The molecule has 0 saturated heterocycles. The molecule has 2 aliphatic rings. The van der Waals surface area contributed by atoms with Gasteiger partial charge in [-0.1, -0.05) is 54.6 Å². The third kappa shape index (κ3) is 3.21. The summed E-state index contributed by atoms with van der Waals surface area (Å²) in [5.74, 6) is -1.18. The second-order valence-electron chi connectivity index (χ2n) is 8.45. The number of aromatic amines is 1. The van der Waals surface area contributed by atoms with Crippen molar-refractivity contribution in [3.05, 3.63) is 99.8 Å². The summed E-state index contributed by atoms with van der Waals surface area (Å²) in [6.07, 6.45) is 1.05. The van der Waals surface area contributed by atoms with Crippen molar-refractivity contribution in [3.8, 4) is 11.1 Å². The minimum atomic E-state index is -1.07. The van der Waals surface area contributed by atoms with Gasteiger partial charge in [0.05, 0.1) is 12.0 Å². The van der Waals surface area contributed by atoms with Gasteiger partial charge in [-0.2, -0.15) is 0 Å². The smallest absolute Gasteiger partial charge is 0.411 e. The summed E-state index contributed by atoms with van der Waals surface area (Å²) in [4.78, 5) is 35.4. The minimum absolute atomic E-state index is 0.106. The van der Waals surface area contributed by atoms with Gasteiger partial charge in [0.2, 0.25) is 0 Å². The molecule has 0 saturated carbocycles. The van der Waals surface area contributed by atoms with E-state index in [-0.39, 0.29) is 18.9 Å². The lowest BCUT2D eigenvalue weighted by atomic mass is 9.95. The molecule has 170 valence electrons. The quantitative estimate of drug-likeness (QED) is 0.445. The van der Waals surface area contributed by atoms with E-state index < -0.39 is 24.1 Å². The van der Waals surface area contributed by atoms with E-state index in [0.717, 1.165) is 32.8 Å². The fourth-order valence-electron chi connectivity index (χ4n) is 5.16. The Morgan fingerprint density at radius 3 is 2.41 bits per heavy atom. The summed E-state index contributed by atoms with van der Waals surface area (Å²) in [5, 5.41) is 11.9. The summed E-state index contributed by atoms with van der Waals surface area (Å²) < 4.78 is 5.87. The Bertz CT molecular complexity index is 1330. The van der Waals surface area contributed by atoms with Crippen LogP contribution in [0.3, 0.4) is 0 Å². The monoisotopic (exact) mass is 471 g/mol. The fraction of sp³-hybridized carbons (Fsp3) is 0.192. The average Bonchev–Trinajstić information content (AvgIpc) is 3.60. The summed E-state index contributed by atoms with van der Waals surface area (Å²) in [6.45, 7) is 0.125. The molecule has 34 heavy (non-hydrogen) atoms. The zero-order valence-electron chi connectivity index (χ0n) is 18.0. The predicted octanol–water partition coefficient (Wildman–Crippen LogP) is 4.82. The number of nitrogens with one attached hydrogen (secondary N) is 1. The maximum atomic E-state index is 13.5. The number of carboxylic acid groups (broad SMARTS) is 1. The van der Waals surface area contributed by atoms with Gasteiger partial charge in [0, 0.05) is 22.9 Å². The maximum Gasteiger partial charge on any atom is 0.411 e. The van der Waals surface area contributed by atoms with Crippen LogP contribution in [0.5, 0.6) is 0 Å². The second-order valence-corrected chi connectivity index (χ2v) is 9.43. The van der Waals surface area contributed by atoms with Crippen molar-refractivity contribution in [2.75, 3.05) is 6.61 Å². The number of benzene rings is 2. The van der Waals surface area contributed by atoms with Crippen LogP contribution in [0.25, 0.3) is 11.1 Å². The predicted molar refractivity (Wildman–Crippen MR) is 127 cm³/mol. The number of imidazole rings is 1. The van der Waals surface area contributed by atoms with Gasteiger partial charge in [-0.25, -0.2) is 14.6 Å². The number of nitrogens with zero attached hydrogens (tertiary/aromatic N) is 2. The molecule has 2 N–H and O–H groups in total. The Labute approximate surface area is 199 Å². The molecule has 6 rings (SSSR count). The molecular weight excluding hydrogens is 450 g/mol. The number of ether oxygens (including phenoxy) is 1. The second kappa shape index (κ2) is 8.14. The number of carbonyl (C=O) groups excluding carboxylic acids is 1. The van der Waals surface area contributed by atoms with E-state index >= 15 is 0 Å². The van der Waals surface area contributed by atoms with Crippen LogP contribution >= 0.6 is 11.3 Å². The first-order chi connectivity index (χ1) is 16.6. The first-order valence-electron chi connectivity index (χ1n) is 11.0. The number of thiophene rings is 1. The average molecular weight is 472 g/mol. The van der Waals surface area contributed by atoms with Crippen LogP contribution in [0.1, 0.15) is 39.4 Å². The Hall–Kier alpha value is -3.91. The highest BCUT2D eigenvalue weighted by atomic mass is 32.1. The molecule has 0 radical (unpaired) electrons. The van der Waals surface area contributed by atoms with Crippen LogP contribution in [0.2, 0.25) is 0 Å². The fourth-order valence-corrected chi connectivity index (χ4v) is 5.99. The summed E-state index contributed by atoms with van der Waals surface area (Å²) in [5.41, 5.74) is 5.88. The van der Waals surface area contributed by atoms with Crippen molar-refractivity contribution < 1.29 is 19.4 Å². The van der Waals surface area contributed by atoms with E-state index in [1.54, 1.807) is 6.33 Å². The van der Waals surface area contributed by atoms with Crippen molar-refractivity contribution >= 4 is 23.4 Å². The third-order valence-electron chi connectivity index (χ3n) is 6.67. The molecule has 1 aliphatic carbocycles. The van der Waals surface area contributed by atoms with Crippen molar-refractivity contribution in [1.82, 2.24) is 14.9 Å². The number of rotatable bonds is 4. The normalized spacial score (nSPS) is 18.8. The summed E-state index contributed by atoms with van der Waals surface area (Å²) in [7, 11) is 0. The highest BCUT2D eigenvalue weighted by molar-refractivity contribution is 7.10. The van der Waals surface area contributed by atoms with Gasteiger partial charge in [0.15, 0.2) is 0 Å². The van der Waals surface area contributed by atoms with E-state index in [1.807, 2.05) is 41.8 Å². The minimum Gasteiger partial charge on any atom is -0.480 e. The van der Waals surface area contributed by atoms with Gasteiger partial charge < -0.3 is 14.8 Å². The number of carboxylic acids is 1. The molecule has 1 aliphatic heterocycles. The number of H-pyrrole nitrogens is 1. The third-order valence-corrected chi connectivity index (χ3v) is 7.59. The Morgan fingerprint density at radius 2 is 1.76 bits per heavy atom. The van der Waals surface area contributed by atoms with Crippen LogP contribution in [-0.2, 0) is 16.0 Å². The number of amides is 1. The molecular formula is C26H21N3O4S. The SMILES string of the molecule is O=C(O)C1Cc2[nH]cnc2C(c2cccs2)N1C(=O)OCC1c2ccccc2-c2ccccc21. The highest BCUT2D eigenvalue weighted by Gasteiger charge is 2.45. The van der Waals surface area contributed by atoms with Crippen molar-refractivity contribution in [2.45, 2.75) is 24.4 Å². The molecule has 2 aromatic heterocycles. The van der Waals surface area contributed by atoms with Gasteiger partial charge in [-0.05, 0) is 33.7 Å². The van der Waals surface area contributed by atoms with Crippen molar-refractivity contribution in [3.63, 3.8) is 0 Å². The first kappa shape index (κ1) is 20.7. The van der Waals surface area contributed by atoms with E-state index in [9.17, 15) is 14.7 Å². The van der Waals surface area contributed by atoms with E-state index in [2.05, 4.69) is 34.2 Å². The summed E-state index contributed by atoms with van der Waals surface area (Å²) in [6, 6.07) is 18.3. The van der Waals surface area contributed by atoms with Gasteiger partial charge in [-0.3, -0.25) is 4.90 Å². The molecule has 2 aromatic carbocycles. The van der Waals surface area contributed by atoms with Crippen LogP contribution in [0.4, 0.5) is 4.79 Å². The van der Waals surface area contributed by atoms with Gasteiger partial charge >= 0.3 is 12.1 Å². The molecule has 2 atom stereocenters. The molecule has 2 unspecified atom stereocenters. The molecule has 4 aromatic rings. The molecule has 1 amide bonds.